The van der Waals surface area contributed by atoms with Crippen LogP contribution >= 0.6 is 45.2 Å². The first-order chi connectivity index (χ1) is 12.0. The first-order valence-corrected chi connectivity index (χ1v) is 9.05. The molecule has 0 aromatic heterocycles. The maximum atomic E-state index is 10.2. The molecule has 0 spiro atoms. The van der Waals surface area contributed by atoms with Crippen LogP contribution in [0.25, 0.3) is 0 Å². The molecule has 25 heavy (non-hydrogen) atoms. The van der Waals surface area contributed by atoms with E-state index in [4.69, 9.17) is 10.5 Å². The molecule has 8 nitrogen and oxygen atoms in total. The Hall–Kier alpha value is -1.96. The van der Waals surface area contributed by atoms with Crippen LogP contribution in [0.1, 0.15) is 11.1 Å². The largest absolute Gasteiger partial charge is 0.487 e. The molecule has 0 bridgehead atoms. The summed E-state index contributed by atoms with van der Waals surface area (Å²) in [4.78, 5) is 10.2. The molecule has 2 aromatic rings. The minimum absolute atomic E-state index is 0.409. The Morgan fingerprint density at radius 2 is 2.04 bits per heavy atom. The molecule has 2 aromatic carbocycles. The van der Waals surface area contributed by atoms with Crippen molar-refractivity contribution >= 4 is 57.4 Å². The first kappa shape index (κ1) is 19.4. The van der Waals surface area contributed by atoms with Gasteiger partial charge in [0.1, 0.15) is 17.5 Å². The zero-order valence-corrected chi connectivity index (χ0v) is 17.0. The molecule has 0 atom stereocenters. The van der Waals surface area contributed by atoms with Crippen molar-refractivity contribution in [2.24, 2.45) is 15.9 Å². The van der Waals surface area contributed by atoms with Crippen LogP contribution in [0.2, 0.25) is 0 Å². The number of nitro groups is 1. The highest BCUT2D eigenvalue weighted by Gasteiger charge is 2.09. The molecule has 0 radical (unpaired) electrons. The highest BCUT2D eigenvalue weighted by Crippen LogP contribution is 2.28. The zero-order valence-electron chi connectivity index (χ0n) is 12.7. The Labute approximate surface area is 170 Å². The lowest BCUT2D eigenvalue weighted by atomic mass is 10.2. The van der Waals surface area contributed by atoms with E-state index in [0.29, 0.717) is 17.9 Å². The van der Waals surface area contributed by atoms with Crippen molar-refractivity contribution in [2.45, 2.75) is 6.61 Å². The van der Waals surface area contributed by atoms with Crippen LogP contribution in [0.5, 0.6) is 5.75 Å². The van der Waals surface area contributed by atoms with E-state index in [2.05, 4.69) is 60.8 Å². The molecule has 0 aliphatic carbocycles. The highest BCUT2D eigenvalue weighted by molar-refractivity contribution is 14.1. The second-order valence-corrected chi connectivity index (χ2v) is 7.08. The molecular weight excluding hydrogens is 552 g/mol. The molecule has 0 aliphatic heterocycles. The SMILES string of the molecule is NC(=N[N+](=O)[O-])NN=Cc1cc(I)cc(I)c1OCc1ccccc1. The fourth-order valence-electron chi connectivity index (χ4n) is 1.84. The Morgan fingerprint density at radius 1 is 1.32 bits per heavy atom. The molecule has 0 aliphatic rings. The van der Waals surface area contributed by atoms with Gasteiger partial charge in [0.15, 0.2) is 5.03 Å². The van der Waals surface area contributed by atoms with Gasteiger partial charge >= 0.3 is 0 Å². The van der Waals surface area contributed by atoms with Gasteiger partial charge in [-0.2, -0.15) is 5.10 Å². The summed E-state index contributed by atoms with van der Waals surface area (Å²) in [6.07, 6.45) is 1.48. The minimum atomic E-state index is -0.902. The quantitative estimate of drug-likeness (QED) is 0.184. The second kappa shape index (κ2) is 9.50. The van der Waals surface area contributed by atoms with Crippen LogP contribution in [0.4, 0.5) is 0 Å². The van der Waals surface area contributed by atoms with Gasteiger partial charge in [0.05, 0.1) is 9.78 Å². The van der Waals surface area contributed by atoms with Gasteiger partial charge in [0, 0.05) is 9.13 Å². The van der Waals surface area contributed by atoms with Gasteiger partial charge in [-0.25, -0.2) is 15.5 Å². The van der Waals surface area contributed by atoms with Gasteiger partial charge in [-0.3, -0.25) is 0 Å². The van der Waals surface area contributed by atoms with Crippen molar-refractivity contribution < 1.29 is 9.77 Å². The number of rotatable bonds is 6. The topological polar surface area (TPSA) is 115 Å². The van der Waals surface area contributed by atoms with E-state index in [-0.39, 0.29) is 0 Å². The van der Waals surface area contributed by atoms with Crippen molar-refractivity contribution in [1.82, 2.24) is 5.43 Å². The van der Waals surface area contributed by atoms with E-state index in [1.807, 2.05) is 42.5 Å². The van der Waals surface area contributed by atoms with E-state index in [1.165, 1.54) is 6.21 Å². The van der Waals surface area contributed by atoms with Crippen LogP contribution in [0.15, 0.2) is 52.7 Å². The smallest absolute Gasteiger partial charge is 0.286 e. The fourth-order valence-corrected chi connectivity index (χ4v) is 3.88. The monoisotopic (exact) mass is 565 g/mol. The predicted molar refractivity (Wildman–Crippen MR) is 112 cm³/mol. The average Bonchev–Trinajstić information content (AvgIpc) is 2.54. The fraction of sp³-hybridized carbons (Fsp3) is 0.0667. The molecule has 0 amide bonds. The van der Waals surface area contributed by atoms with Crippen LogP contribution in [0, 0.1) is 17.3 Å². The van der Waals surface area contributed by atoms with Crippen LogP contribution in [0.3, 0.4) is 0 Å². The maximum absolute atomic E-state index is 10.2. The van der Waals surface area contributed by atoms with Gasteiger partial charge in [-0.15, -0.1) is 0 Å². The summed E-state index contributed by atoms with van der Waals surface area (Å²) < 4.78 is 7.86. The number of hydrogen-bond donors (Lipinski definition) is 2. The molecule has 0 saturated heterocycles. The van der Waals surface area contributed by atoms with Gasteiger partial charge in [-0.05, 0) is 62.9 Å². The van der Waals surface area contributed by atoms with E-state index in [1.54, 1.807) is 0 Å². The lowest BCUT2D eigenvalue weighted by molar-refractivity contribution is -0.485. The Bertz CT molecular complexity index is 812. The summed E-state index contributed by atoms with van der Waals surface area (Å²) in [5.74, 6) is 0.258. The number of halogens is 2. The molecular formula is C15H13I2N5O3. The molecule has 2 rings (SSSR count). The molecule has 10 heteroatoms. The summed E-state index contributed by atoms with van der Waals surface area (Å²) in [7, 11) is 0. The van der Waals surface area contributed by atoms with Crippen molar-refractivity contribution in [3.8, 4) is 5.75 Å². The number of benzene rings is 2. The van der Waals surface area contributed by atoms with E-state index in [9.17, 15) is 10.1 Å². The predicted octanol–water partition coefficient (Wildman–Crippen LogP) is 2.90. The number of hydrazone groups is 2. The summed E-state index contributed by atoms with van der Waals surface area (Å²) in [5.41, 5.74) is 9.38. The Kier molecular flexibility index (Phi) is 7.36. The Morgan fingerprint density at radius 3 is 2.72 bits per heavy atom. The first-order valence-electron chi connectivity index (χ1n) is 6.89. The average molecular weight is 565 g/mol. The molecule has 0 saturated carbocycles. The number of nitrogens with one attached hydrogen (secondary N) is 1. The summed E-state index contributed by atoms with van der Waals surface area (Å²) >= 11 is 4.37. The summed E-state index contributed by atoms with van der Waals surface area (Å²) in [6, 6.07) is 13.7. The highest BCUT2D eigenvalue weighted by atomic mass is 127. The van der Waals surface area contributed by atoms with E-state index in [0.717, 1.165) is 12.7 Å². The van der Waals surface area contributed by atoms with E-state index >= 15 is 0 Å². The van der Waals surface area contributed by atoms with Crippen molar-refractivity contribution in [3.05, 3.63) is 70.8 Å². The molecule has 3 N–H and O–H groups in total. The van der Waals surface area contributed by atoms with E-state index < -0.39 is 11.0 Å². The standard InChI is InChI=1S/C15H13I2N5O3/c16-12-6-11(8-19-20-15(18)21-22(23)24)14(13(17)7-12)25-9-10-4-2-1-3-5-10/h1-8H,9H2,(H3,18,20,21). The molecule has 0 heterocycles. The second-order valence-electron chi connectivity index (χ2n) is 4.67. The number of hydrogen-bond acceptors (Lipinski definition) is 4. The molecule has 130 valence electrons. The van der Waals surface area contributed by atoms with Gasteiger partial charge in [-0.1, -0.05) is 30.3 Å². The van der Waals surface area contributed by atoms with Crippen molar-refractivity contribution in [3.63, 3.8) is 0 Å². The van der Waals surface area contributed by atoms with Crippen LogP contribution in [-0.4, -0.2) is 17.2 Å². The third kappa shape index (κ3) is 6.45. The number of nitrogens with two attached hydrogens (primary N) is 1. The number of ether oxygens (including phenoxy) is 1. The lowest BCUT2D eigenvalue weighted by Crippen LogP contribution is -2.28. The third-order valence-corrected chi connectivity index (χ3v) is 4.26. The van der Waals surface area contributed by atoms with Crippen molar-refractivity contribution in [2.75, 3.05) is 0 Å². The van der Waals surface area contributed by atoms with Gasteiger partial charge in [0.2, 0.25) is 0 Å². The third-order valence-electron chi connectivity index (χ3n) is 2.84. The normalized spacial score (nSPS) is 11.5. The zero-order chi connectivity index (χ0) is 18.2. The maximum Gasteiger partial charge on any atom is 0.286 e. The number of guanidine groups is 1. The number of nitrogens with zero attached hydrogens (tertiary/aromatic N) is 3. The van der Waals surface area contributed by atoms with Gasteiger partial charge < -0.3 is 10.5 Å². The molecule has 0 fully saturated rings. The van der Waals surface area contributed by atoms with Crippen molar-refractivity contribution in [1.29, 1.82) is 0 Å². The lowest BCUT2D eigenvalue weighted by Gasteiger charge is -2.12. The van der Waals surface area contributed by atoms with Crippen LogP contribution in [-0.2, 0) is 6.61 Å². The minimum Gasteiger partial charge on any atom is -0.487 e. The van der Waals surface area contributed by atoms with Crippen LogP contribution < -0.4 is 15.9 Å². The Balaban J connectivity index is 2.17. The van der Waals surface area contributed by atoms with Gasteiger partial charge in [0.25, 0.3) is 5.96 Å². The summed E-state index contributed by atoms with van der Waals surface area (Å²) in [5, 5.41) is 16.1. The molecule has 0 unspecified atom stereocenters. The summed E-state index contributed by atoms with van der Waals surface area (Å²) in [6.45, 7) is 0.413.